The predicted octanol–water partition coefficient (Wildman–Crippen LogP) is 4.00. The quantitative estimate of drug-likeness (QED) is 0.492. The van der Waals surface area contributed by atoms with E-state index in [9.17, 15) is 0 Å². The lowest BCUT2D eigenvalue weighted by Gasteiger charge is -2.10. The maximum atomic E-state index is 2.31. The van der Waals surface area contributed by atoms with Crippen LogP contribution in [0.3, 0.4) is 0 Å². The summed E-state index contributed by atoms with van der Waals surface area (Å²) in [7, 11) is 0. The Hall–Kier alpha value is 0. The van der Waals surface area contributed by atoms with Gasteiger partial charge in [0.05, 0.1) is 0 Å². The van der Waals surface area contributed by atoms with Crippen LogP contribution >= 0.6 is 0 Å². The molecule has 0 heteroatoms. The summed E-state index contributed by atoms with van der Waals surface area (Å²) >= 11 is 0. The molecular weight excluding hydrogens is 120 g/mol. The van der Waals surface area contributed by atoms with E-state index in [1.807, 2.05) is 0 Å². The summed E-state index contributed by atoms with van der Waals surface area (Å²) in [6.07, 6.45) is 8.45. The molecule has 0 aromatic rings. The van der Waals surface area contributed by atoms with Crippen molar-refractivity contribution >= 4 is 0 Å². The minimum Gasteiger partial charge on any atom is -0.0654 e. The minimum absolute atomic E-state index is 1.01. The van der Waals surface area contributed by atoms with Crippen LogP contribution in [0.25, 0.3) is 0 Å². The normalized spacial score (nSPS) is 10.8. The van der Waals surface area contributed by atoms with Gasteiger partial charge in [-0.2, -0.15) is 0 Å². The Morgan fingerprint density at radius 1 is 0.900 bits per heavy atom. The van der Waals surface area contributed by atoms with Crippen molar-refractivity contribution in [2.45, 2.75) is 59.3 Å². The van der Waals surface area contributed by atoms with Crippen molar-refractivity contribution in [2.24, 2.45) is 5.92 Å². The summed E-state index contributed by atoms with van der Waals surface area (Å²) < 4.78 is 0. The Labute approximate surface area is 66.0 Å². The third kappa shape index (κ3) is 4.84. The summed E-state index contributed by atoms with van der Waals surface area (Å²) in [5.41, 5.74) is 0. The molecular formula is C10H22. The van der Waals surface area contributed by atoms with Crippen LogP contribution in [-0.4, -0.2) is 0 Å². The molecule has 0 atom stereocenters. The molecule has 0 unspecified atom stereocenters. The minimum atomic E-state index is 1.01. The van der Waals surface area contributed by atoms with Crippen LogP contribution in [0.1, 0.15) is 59.3 Å². The highest BCUT2D eigenvalue weighted by atomic mass is 14.1. The summed E-state index contributed by atoms with van der Waals surface area (Å²) in [4.78, 5) is 0. The van der Waals surface area contributed by atoms with Gasteiger partial charge < -0.3 is 0 Å². The molecule has 0 bridgehead atoms. The van der Waals surface area contributed by atoms with Gasteiger partial charge in [0.2, 0.25) is 0 Å². The smallest absolute Gasteiger partial charge is 0.0420 e. The van der Waals surface area contributed by atoms with E-state index < -0.39 is 0 Å². The van der Waals surface area contributed by atoms with Gasteiger partial charge >= 0.3 is 0 Å². The molecule has 0 saturated heterocycles. The van der Waals surface area contributed by atoms with Crippen LogP contribution in [0, 0.1) is 5.92 Å². The third-order valence-electron chi connectivity index (χ3n) is 2.37. The number of hydrogen-bond donors (Lipinski definition) is 0. The molecule has 0 amide bonds. The monoisotopic (exact) mass is 142 g/mol. The van der Waals surface area contributed by atoms with E-state index in [1.54, 1.807) is 0 Å². The standard InChI is InChI=1S/C10H22/c1-4-7-8-9-10(5-2)6-3/h10H,4-9H2,1-3H3. The molecule has 0 radical (unpaired) electrons. The van der Waals surface area contributed by atoms with Crippen molar-refractivity contribution < 1.29 is 0 Å². The first-order valence-corrected chi connectivity index (χ1v) is 4.85. The van der Waals surface area contributed by atoms with E-state index in [0.29, 0.717) is 0 Å². The highest BCUT2D eigenvalue weighted by molar-refractivity contribution is 4.54. The molecule has 0 N–H and O–H groups in total. The second-order valence-electron chi connectivity index (χ2n) is 3.18. The zero-order valence-electron chi connectivity index (χ0n) is 7.82. The molecule has 0 fully saturated rings. The van der Waals surface area contributed by atoms with Gasteiger partial charge in [-0.3, -0.25) is 0 Å². The zero-order valence-corrected chi connectivity index (χ0v) is 7.82. The molecule has 0 aliphatic heterocycles. The Kier molecular flexibility index (Phi) is 7.11. The lowest BCUT2D eigenvalue weighted by molar-refractivity contribution is 0.432. The number of hydrogen-bond acceptors (Lipinski definition) is 0. The molecule has 0 aliphatic carbocycles. The van der Waals surface area contributed by atoms with Gasteiger partial charge in [0.1, 0.15) is 0 Å². The van der Waals surface area contributed by atoms with Gasteiger partial charge in [-0.25, -0.2) is 0 Å². The molecule has 0 heterocycles. The zero-order chi connectivity index (χ0) is 7.82. The summed E-state index contributed by atoms with van der Waals surface area (Å²) in [6.45, 7) is 6.88. The molecule has 62 valence electrons. The molecule has 0 spiro atoms. The van der Waals surface area contributed by atoms with Crippen molar-refractivity contribution in [1.29, 1.82) is 0 Å². The molecule has 0 saturated carbocycles. The van der Waals surface area contributed by atoms with E-state index in [0.717, 1.165) is 5.92 Å². The maximum absolute atomic E-state index is 2.31. The van der Waals surface area contributed by atoms with E-state index in [4.69, 9.17) is 0 Å². The highest BCUT2D eigenvalue weighted by Crippen LogP contribution is 2.16. The lowest BCUT2D eigenvalue weighted by atomic mass is 9.96. The fraction of sp³-hybridized carbons (Fsp3) is 1.00. The Balaban J connectivity index is 3.09. The molecule has 0 aromatic carbocycles. The highest BCUT2D eigenvalue weighted by Gasteiger charge is 2.00. The Bertz CT molecular complexity index is 53.1. The number of rotatable bonds is 6. The van der Waals surface area contributed by atoms with E-state index in [2.05, 4.69) is 20.8 Å². The van der Waals surface area contributed by atoms with Crippen LogP contribution < -0.4 is 0 Å². The summed E-state index contributed by atoms with van der Waals surface area (Å²) in [5.74, 6) is 1.01. The average molecular weight is 142 g/mol. The average Bonchev–Trinajstić information content (AvgIpc) is 1.99. The van der Waals surface area contributed by atoms with Gasteiger partial charge in [-0.1, -0.05) is 59.3 Å². The Morgan fingerprint density at radius 2 is 1.50 bits per heavy atom. The maximum Gasteiger partial charge on any atom is -0.0420 e. The van der Waals surface area contributed by atoms with Gasteiger partial charge in [-0.05, 0) is 5.92 Å². The predicted molar refractivity (Wildman–Crippen MR) is 48.2 cm³/mol. The van der Waals surface area contributed by atoms with Crippen LogP contribution in [0.2, 0.25) is 0 Å². The Morgan fingerprint density at radius 3 is 1.90 bits per heavy atom. The fourth-order valence-electron chi connectivity index (χ4n) is 1.38. The van der Waals surface area contributed by atoms with E-state index >= 15 is 0 Å². The van der Waals surface area contributed by atoms with Crippen molar-refractivity contribution in [1.82, 2.24) is 0 Å². The van der Waals surface area contributed by atoms with E-state index in [-0.39, 0.29) is 0 Å². The summed E-state index contributed by atoms with van der Waals surface area (Å²) in [6, 6.07) is 0. The first-order chi connectivity index (χ1) is 4.85. The van der Waals surface area contributed by atoms with Gasteiger partial charge in [0.25, 0.3) is 0 Å². The van der Waals surface area contributed by atoms with Gasteiger partial charge in [-0.15, -0.1) is 0 Å². The van der Waals surface area contributed by atoms with Crippen LogP contribution in [0.4, 0.5) is 0 Å². The van der Waals surface area contributed by atoms with Crippen molar-refractivity contribution in [3.63, 3.8) is 0 Å². The topological polar surface area (TPSA) is 0 Å². The van der Waals surface area contributed by atoms with Crippen LogP contribution in [0.5, 0.6) is 0 Å². The van der Waals surface area contributed by atoms with Crippen LogP contribution in [0.15, 0.2) is 0 Å². The van der Waals surface area contributed by atoms with Crippen molar-refractivity contribution in [2.75, 3.05) is 0 Å². The first kappa shape index (κ1) is 10.0. The third-order valence-corrected chi connectivity index (χ3v) is 2.37. The second kappa shape index (κ2) is 7.11. The number of unbranched alkanes of at least 4 members (excludes halogenated alkanes) is 2. The molecule has 0 rings (SSSR count). The van der Waals surface area contributed by atoms with Crippen LogP contribution in [-0.2, 0) is 0 Å². The summed E-state index contributed by atoms with van der Waals surface area (Å²) in [5, 5.41) is 0. The molecule has 0 nitrogen and oxygen atoms in total. The van der Waals surface area contributed by atoms with Crippen molar-refractivity contribution in [3.8, 4) is 0 Å². The van der Waals surface area contributed by atoms with E-state index in [1.165, 1.54) is 38.5 Å². The molecule has 0 aliphatic rings. The molecule has 10 heavy (non-hydrogen) atoms. The first-order valence-electron chi connectivity index (χ1n) is 4.85. The SMILES string of the molecule is CCCCCC(CC)CC. The second-order valence-corrected chi connectivity index (χ2v) is 3.18. The molecule has 0 aromatic heterocycles. The lowest BCUT2D eigenvalue weighted by Crippen LogP contribution is -1.95. The largest absolute Gasteiger partial charge is 0.0654 e. The van der Waals surface area contributed by atoms with Gasteiger partial charge in [0.15, 0.2) is 0 Å². The van der Waals surface area contributed by atoms with Crippen molar-refractivity contribution in [3.05, 3.63) is 0 Å². The van der Waals surface area contributed by atoms with Gasteiger partial charge in [0, 0.05) is 0 Å². The fourth-order valence-corrected chi connectivity index (χ4v) is 1.38.